The smallest absolute Gasteiger partial charge is 0.0702 e. The highest BCUT2D eigenvalue weighted by molar-refractivity contribution is 9.11. The van der Waals surface area contributed by atoms with E-state index in [0.717, 1.165) is 3.79 Å². The van der Waals surface area contributed by atoms with Crippen LogP contribution in [0.2, 0.25) is 0 Å². The van der Waals surface area contributed by atoms with E-state index in [9.17, 15) is 0 Å². The summed E-state index contributed by atoms with van der Waals surface area (Å²) in [4.78, 5) is 3.57. The third-order valence-corrected chi connectivity index (χ3v) is 4.62. The molecule has 0 bridgehead atoms. The monoisotopic (exact) mass is 320 g/mol. The van der Waals surface area contributed by atoms with Gasteiger partial charge in [-0.3, -0.25) is 4.90 Å². The summed E-state index contributed by atoms with van der Waals surface area (Å²) in [7, 11) is 3.83. The predicted molar refractivity (Wildman–Crippen MR) is 77.5 cm³/mol. The van der Waals surface area contributed by atoms with Gasteiger partial charge in [0, 0.05) is 24.1 Å². The van der Waals surface area contributed by atoms with Crippen molar-refractivity contribution >= 4 is 27.3 Å². The molecule has 0 radical (unpaired) electrons. The summed E-state index contributed by atoms with van der Waals surface area (Å²) in [5.74, 6) is 0. The molecule has 98 valence electrons. The van der Waals surface area contributed by atoms with Gasteiger partial charge in [-0.05, 0) is 49.0 Å². The number of hydrogen-bond donors (Lipinski definition) is 1. The van der Waals surface area contributed by atoms with E-state index in [4.69, 9.17) is 10.5 Å². The molecular formula is C12H21BrN2OS. The van der Waals surface area contributed by atoms with Gasteiger partial charge in [-0.1, -0.05) is 0 Å². The standard InChI is InChI=1S/C12H21BrN2OS/c1-8(7-16-4)15(3)12(9(2)14)10-5-6-11(13)17-10/h5-6,8-9,12H,7,14H2,1-4H3. The second kappa shape index (κ2) is 6.85. The summed E-state index contributed by atoms with van der Waals surface area (Å²) < 4.78 is 6.35. The van der Waals surface area contributed by atoms with E-state index >= 15 is 0 Å². The highest BCUT2D eigenvalue weighted by Crippen LogP contribution is 2.32. The first-order chi connectivity index (χ1) is 7.97. The number of nitrogens with zero attached hydrogens (tertiary/aromatic N) is 1. The van der Waals surface area contributed by atoms with E-state index in [-0.39, 0.29) is 12.1 Å². The van der Waals surface area contributed by atoms with Crippen molar-refractivity contribution < 1.29 is 4.74 Å². The molecule has 0 saturated heterocycles. The largest absolute Gasteiger partial charge is 0.383 e. The number of hydrogen-bond acceptors (Lipinski definition) is 4. The van der Waals surface area contributed by atoms with Crippen LogP contribution in [0.5, 0.6) is 0 Å². The van der Waals surface area contributed by atoms with Gasteiger partial charge in [0.05, 0.1) is 16.4 Å². The quantitative estimate of drug-likeness (QED) is 0.876. The molecule has 17 heavy (non-hydrogen) atoms. The number of methoxy groups -OCH3 is 1. The molecule has 3 atom stereocenters. The number of thiophene rings is 1. The van der Waals surface area contributed by atoms with Gasteiger partial charge in [0.15, 0.2) is 0 Å². The maximum Gasteiger partial charge on any atom is 0.0702 e. The zero-order chi connectivity index (χ0) is 13.0. The third kappa shape index (κ3) is 4.03. The van der Waals surface area contributed by atoms with Gasteiger partial charge < -0.3 is 10.5 Å². The van der Waals surface area contributed by atoms with E-state index in [1.165, 1.54) is 4.88 Å². The Labute approximate surface area is 116 Å². The molecule has 0 fully saturated rings. The molecule has 2 N–H and O–H groups in total. The SMILES string of the molecule is COCC(C)N(C)C(c1ccc(Br)s1)C(C)N. The average Bonchev–Trinajstić information content (AvgIpc) is 2.64. The van der Waals surface area contributed by atoms with E-state index < -0.39 is 0 Å². The summed E-state index contributed by atoms with van der Waals surface area (Å²) in [6.45, 7) is 4.92. The molecule has 1 aromatic heterocycles. The van der Waals surface area contributed by atoms with Crippen LogP contribution in [0.15, 0.2) is 15.9 Å². The van der Waals surface area contributed by atoms with Gasteiger partial charge >= 0.3 is 0 Å². The lowest BCUT2D eigenvalue weighted by Crippen LogP contribution is -2.43. The summed E-state index contributed by atoms with van der Waals surface area (Å²) in [6.07, 6.45) is 0. The fourth-order valence-electron chi connectivity index (χ4n) is 1.95. The summed E-state index contributed by atoms with van der Waals surface area (Å²) in [5.41, 5.74) is 6.12. The second-order valence-electron chi connectivity index (χ2n) is 4.42. The highest BCUT2D eigenvalue weighted by atomic mass is 79.9. The topological polar surface area (TPSA) is 38.5 Å². The number of halogens is 1. The minimum atomic E-state index is 0.0878. The van der Waals surface area contributed by atoms with E-state index in [0.29, 0.717) is 12.6 Å². The van der Waals surface area contributed by atoms with E-state index in [1.54, 1.807) is 18.4 Å². The Morgan fingerprint density at radius 1 is 1.47 bits per heavy atom. The number of ether oxygens (including phenoxy) is 1. The maximum atomic E-state index is 6.12. The number of rotatable bonds is 6. The maximum absolute atomic E-state index is 6.12. The third-order valence-electron chi connectivity index (χ3n) is 2.93. The van der Waals surface area contributed by atoms with Crippen LogP contribution >= 0.6 is 27.3 Å². The van der Waals surface area contributed by atoms with Crippen LogP contribution in [0.25, 0.3) is 0 Å². The molecular weight excluding hydrogens is 300 g/mol. The van der Waals surface area contributed by atoms with Gasteiger partial charge in [-0.15, -0.1) is 11.3 Å². The Morgan fingerprint density at radius 3 is 2.53 bits per heavy atom. The minimum Gasteiger partial charge on any atom is -0.383 e. The Bertz CT molecular complexity index is 343. The Kier molecular flexibility index (Phi) is 6.09. The lowest BCUT2D eigenvalue weighted by atomic mass is 10.1. The lowest BCUT2D eigenvalue weighted by Gasteiger charge is -2.34. The van der Waals surface area contributed by atoms with Crippen molar-refractivity contribution in [2.45, 2.75) is 32.0 Å². The average molecular weight is 321 g/mol. The van der Waals surface area contributed by atoms with Gasteiger partial charge in [0.1, 0.15) is 0 Å². The van der Waals surface area contributed by atoms with Crippen molar-refractivity contribution in [1.29, 1.82) is 0 Å². The Morgan fingerprint density at radius 2 is 2.12 bits per heavy atom. The first-order valence-electron chi connectivity index (χ1n) is 5.69. The van der Waals surface area contributed by atoms with Gasteiger partial charge in [-0.2, -0.15) is 0 Å². The molecule has 3 nitrogen and oxygen atoms in total. The molecule has 0 aliphatic carbocycles. The highest BCUT2D eigenvalue weighted by Gasteiger charge is 2.26. The first-order valence-corrected chi connectivity index (χ1v) is 7.30. The van der Waals surface area contributed by atoms with Gasteiger partial charge in [-0.25, -0.2) is 0 Å². The van der Waals surface area contributed by atoms with Crippen LogP contribution in [0, 0.1) is 0 Å². The molecule has 5 heteroatoms. The van der Waals surface area contributed by atoms with Crippen molar-refractivity contribution in [3.05, 3.63) is 20.8 Å². The molecule has 1 aromatic rings. The van der Waals surface area contributed by atoms with E-state index in [1.807, 2.05) is 6.92 Å². The lowest BCUT2D eigenvalue weighted by molar-refractivity contribution is 0.0831. The molecule has 1 heterocycles. The van der Waals surface area contributed by atoms with Crippen molar-refractivity contribution in [2.24, 2.45) is 5.73 Å². The Hall–Kier alpha value is 0.0600. The van der Waals surface area contributed by atoms with Crippen LogP contribution < -0.4 is 5.73 Å². The second-order valence-corrected chi connectivity index (χ2v) is 6.91. The Balaban J connectivity index is 2.86. The van der Waals surface area contributed by atoms with Crippen molar-refractivity contribution in [2.75, 3.05) is 20.8 Å². The van der Waals surface area contributed by atoms with Crippen LogP contribution in [-0.4, -0.2) is 37.7 Å². The van der Waals surface area contributed by atoms with Crippen molar-refractivity contribution in [1.82, 2.24) is 4.90 Å². The molecule has 1 rings (SSSR count). The van der Waals surface area contributed by atoms with Gasteiger partial charge in [0.2, 0.25) is 0 Å². The van der Waals surface area contributed by atoms with E-state index in [2.05, 4.69) is 46.9 Å². The zero-order valence-corrected chi connectivity index (χ0v) is 13.2. The summed E-state index contributed by atoms with van der Waals surface area (Å²) in [6, 6.07) is 4.88. The van der Waals surface area contributed by atoms with Crippen LogP contribution in [-0.2, 0) is 4.74 Å². The molecule has 0 aromatic carbocycles. The first kappa shape index (κ1) is 15.1. The number of nitrogens with two attached hydrogens (primary N) is 1. The normalized spacial score (nSPS) is 17.1. The fraction of sp³-hybridized carbons (Fsp3) is 0.667. The van der Waals surface area contributed by atoms with Crippen molar-refractivity contribution in [3.63, 3.8) is 0 Å². The zero-order valence-electron chi connectivity index (χ0n) is 10.8. The summed E-state index contributed by atoms with van der Waals surface area (Å²) >= 11 is 5.24. The van der Waals surface area contributed by atoms with Gasteiger partial charge in [0.25, 0.3) is 0 Å². The van der Waals surface area contributed by atoms with Crippen molar-refractivity contribution in [3.8, 4) is 0 Å². The molecule has 0 aliphatic rings. The minimum absolute atomic E-state index is 0.0878. The molecule has 0 saturated carbocycles. The molecule has 0 spiro atoms. The molecule has 0 amide bonds. The molecule has 3 unspecified atom stereocenters. The van der Waals surface area contributed by atoms with Crippen LogP contribution in [0.4, 0.5) is 0 Å². The summed E-state index contributed by atoms with van der Waals surface area (Å²) in [5, 5.41) is 0. The van der Waals surface area contributed by atoms with Crippen LogP contribution in [0.3, 0.4) is 0 Å². The van der Waals surface area contributed by atoms with Crippen LogP contribution in [0.1, 0.15) is 24.8 Å². The predicted octanol–water partition coefficient (Wildman–Crippen LogP) is 2.87. The number of likely N-dealkylation sites (N-methyl/N-ethyl adjacent to an activating group) is 1. The fourth-order valence-corrected chi connectivity index (χ4v) is 3.64. The molecule has 0 aliphatic heterocycles.